The van der Waals surface area contributed by atoms with Crippen molar-refractivity contribution in [2.45, 2.75) is 26.2 Å². The molecular formula is C21H24ClN7O. The zero-order chi connectivity index (χ0) is 21.7. The van der Waals surface area contributed by atoms with Crippen LogP contribution in [-0.4, -0.2) is 36.9 Å². The lowest BCUT2D eigenvalue weighted by atomic mass is 9.96. The lowest BCUT2D eigenvalue weighted by molar-refractivity contribution is 0.402. The molecule has 0 radical (unpaired) electrons. The Morgan fingerprint density at radius 3 is 2.33 bits per heavy atom. The number of anilines is 1. The van der Waals surface area contributed by atoms with Crippen LogP contribution in [0, 0.1) is 0 Å². The third-order valence-corrected chi connectivity index (χ3v) is 4.44. The van der Waals surface area contributed by atoms with Gasteiger partial charge in [0, 0.05) is 48.1 Å². The minimum atomic E-state index is -0.111. The van der Waals surface area contributed by atoms with E-state index in [0.717, 1.165) is 22.9 Å². The summed E-state index contributed by atoms with van der Waals surface area (Å²) in [5, 5.41) is 15.7. The molecule has 3 aromatic heterocycles. The second-order valence-electron chi connectivity index (χ2n) is 7.58. The Morgan fingerprint density at radius 1 is 1.03 bits per heavy atom. The van der Waals surface area contributed by atoms with Crippen molar-refractivity contribution in [2.75, 3.05) is 12.4 Å². The summed E-state index contributed by atoms with van der Waals surface area (Å²) in [6.07, 6.45) is 3.48. The third kappa shape index (κ3) is 5.01. The van der Waals surface area contributed by atoms with Gasteiger partial charge in [-0.2, -0.15) is 4.98 Å². The van der Waals surface area contributed by atoms with Crippen LogP contribution in [-0.2, 0) is 12.5 Å². The molecule has 9 heteroatoms. The molecule has 4 rings (SSSR count). The minimum Gasteiger partial charge on any atom is -0.357 e. The van der Waals surface area contributed by atoms with Crippen LogP contribution in [0.15, 0.2) is 53.3 Å². The molecule has 1 N–H and O–H groups in total. The van der Waals surface area contributed by atoms with E-state index in [1.54, 1.807) is 12.4 Å². The summed E-state index contributed by atoms with van der Waals surface area (Å²) in [6.45, 7) is 6.12. The normalized spacial score (nSPS) is 11.0. The van der Waals surface area contributed by atoms with Gasteiger partial charge in [-0.15, -0.1) is 10.2 Å². The van der Waals surface area contributed by atoms with Crippen molar-refractivity contribution in [3.63, 3.8) is 0 Å². The Kier molecular flexibility index (Phi) is 6.47. The van der Waals surface area contributed by atoms with E-state index >= 15 is 0 Å². The van der Waals surface area contributed by atoms with Gasteiger partial charge in [0.25, 0.3) is 5.89 Å². The number of nitrogens with one attached hydrogen (secondary N) is 1. The van der Waals surface area contributed by atoms with Crippen LogP contribution >= 0.6 is 11.6 Å². The lowest BCUT2D eigenvalue weighted by Gasteiger charge is -2.10. The summed E-state index contributed by atoms with van der Waals surface area (Å²) in [7, 11) is 3.74. The van der Waals surface area contributed by atoms with Gasteiger partial charge in [-0.25, -0.2) is 0 Å². The second kappa shape index (κ2) is 9.04. The number of pyridine rings is 1. The SMILES string of the molecule is CC(C)(C)c1noc(-c2cccc(Cl)c2)n1.CNc1nnc(-c2ccncc2)n1C. The van der Waals surface area contributed by atoms with Crippen molar-refractivity contribution in [3.8, 4) is 22.8 Å². The van der Waals surface area contributed by atoms with Crippen LogP contribution in [0.1, 0.15) is 26.6 Å². The fourth-order valence-electron chi connectivity index (χ4n) is 2.57. The first kappa shape index (κ1) is 21.4. The van der Waals surface area contributed by atoms with Crippen molar-refractivity contribution in [2.24, 2.45) is 7.05 Å². The molecule has 1 aromatic carbocycles. The Bertz CT molecular complexity index is 1100. The van der Waals surface area contributed by atoms with E-state index in [9.17, 15) is 0 Å². The van der Waals surface area contributed by atoms with Crippen LogP contribution in [0.5, 0.6) is 0 Å². The van der Waals surface area contributed by atoms with Gasteiger partial charge in [0.1, 0.15) is 0 Å². The van der Waals surface area contributed by atoms with Crippen LogP contribution in [0.25, 0.3) is 22.8 Å². The average Bonchev–Trinajstić information content (AvgIpc) is 3.36. The zero-order valence-electron chi connectivity index (χ0n) is 17.6. The van der Waals surface area contributed by atoms with Crippen molar-refractivity contribution in [1.29, 1.82) is 0 Å². The number of benzene rings is 1. The Morgan fingerprint density at radius 2 is 1.77 bits per heavy atom. The molecule has 0 saturated heterocycles. The topological polar surface area (TPSA) is 94.6 Å². The maximum Gasteiger partial charge on any atom is 0.257 e. The zero-order valence-corrected chi connectivity index (χ0v) is 18.3. The molecule has 3 heterocycles. The molecule has 0 saturated carbocycles. The highest BCUT2D eigenvalue weighted by Gasteiger charge is 2.21. The quantitative estimate of drug-likeness (QED) is 0.512. The Labute approximate surface area is 180 Å². The maximum absolute atomic E-state index is 5.90. The molecule has 0 fully saturated rings. The molecule has 0 spiro atoms. The molecule has 0 amide bonds. The molecule has 0 bridgehead atoms. The van der Waals surface area contributed by atoms with E-state index in [1.165, 1.54) is 0 Å². The minimum absolute atomic E-state index is 0.111. The fourth-order valence-corrected chi connectivity index (χ4v) is 2.76. The number of rotatable bonds is 3. The van der Waals surface area contributed by atoms with Crippen molar-refractivity contribution in [1.82, 2.24) is 29.9 Å². The molecular weight excluding hydrogens is 402 g/mol. The molecule has 0 aliphatic carbocycles. The van der Waals surface area contributed by atoms with Gasteiger partial charge in [-0.1, -0.05) is 43.6 Å². The molecule has 0 aliphatic rings. The van der Waals surface area contributed by atoms with Crippen LogP contribution in [0.2, 0.25) is 5.02 Å². The van der Waals surface area contributed by atoms with Gasteiger partial charge < -0.3 is 9.84 Å². The number of hydrogen-bond donors (Lipinski definition) is 1. The largest absolute Gasteiger partial charge is 0.357 e. The van der Waals surface area contributed by atoms with Crippen LogP contribution in [0.4, 0.5) is 5.95 Å². The highest BCUT2D eigenvalue weighted by molar-refractivity contribution is 6.30. The van der Waals surface area contributed by atoms with Crippen molar-refractivity contribution >= 4 is 17.5 Å². The molecule has 30 heavy (non-hydrogen) atoms. The second-order valence-corrected chi connectivity index (χ2v) is 8.01. The van der Waals surface area contributed by atoms with E-state index in [1.807, 2.05) is 75.8 Å². The lowest BCUT2D eigenvalue weighted by Crippen LogP contribution is -2.13. The number of aromatic nitrogens is 6. The van der Waals surface area contributed by atoms with E-state index in [2.05, 4.69) is 30.6 Å². The molecule has 8 nitrogen and oxygen atoms in total. The fraction of sp³-hybridized carbons (Fsp3) is 0.286. The summed E-state index contributed by atoms with van der Waals surface area (Å²) in [5.41, 5.74) is 1.74. The summed E-state index contributed by atoms with van der Waals surface area (Å²) in [5.74, 6) is 2.78. The van der Waals surface area contributed by atoms with Crippen LogP contribution < -0.4 is 5.32 Å². The summed E-state index contributed by atoms with van der Waals surface area (Å²) < 4.78 is 7.11. The van der Waals surface area contributed by atoms with Gasteiger partial charge in [0.2, 0.25) is 5.95 Å². The van der Waals surface area contributed by atoms with Gasteiger partial charge >= 0.3 is 0 Å². The first-order valence-electron chi connectivity index (χ1n) is 9.37. The number of halogens is 1. The molecule has 0 aliphatic heterocycles. The van der Waals surface area contributed by atoms with E-state index in [-0.39, 0.29) is 5.41 Å². The molecule has 156 valence electrons. The van der Waals surface area contributed by atoms with E-state index in [4.69, 9.17) is 16.1 Å². The van der Waals surface area contributed by atoms with Gasteiger partial charge in [-0.3, -0.25) is 9.55 Å². The molecule has 0 unspecified atom stereocenters. The number of nitrogens with zero attached hydrogens (tertiary/aromatic N) is 6. The van der Waals surface area contributed by atoms with E-state index in [0.29, 0.717) is 16.7 Å². The van der Waals surface area contributed by atoms with Crippen molar-refractivity contribution in [3.05, 3.63) is 59.6 Å². The first-order chi connectivity index (χ1) is 14.3. The van der Waals surface area contributed by atoms with Crippen LogP contribution in [0.3, 0.4) is 0 Å². The standard InChI is InChI=1S/C12H13ClN2O.C9H11N5/c1-12(2,3)11-14-10(16-15-11)8-5-4-6-9(13)7-8;1-10-9-13-12-8(14(9)2)7-3-5-11-6-4-7/h4-7H,1-3H3;3-6H,1-2H3,(H,10,13). The maximum atomic E-state index is 5.90. The molecule has 4 aromatic rings. The average molecular weight is 426 g/mol. The summed E-state index contributed by atoms with van der Waals surface area (Å²) in [6, 6.07) is 11.2. The molecule has 0 atom stereocenters. The Balaban J connectivity index is 0.000000172. The summed E-state index contributed by atoms with van der Waals surface area (Å²) >= 11 is 5.90. The third-order valence-electron chi connectivity index (χ3n) is 4.21. The number of hydrogen-bond acceptors (Lipinski definition) is 7. The van der Waals surface area contributed by atoms with Gasteiger partial charge in [-0.05, 0) is 30.3 Å². The smallest absolute Gasteiger partial charge is 0.257 e. The van der Waals surface area contributed by atoms with Gasteiger partial charge in [0.15, 0.2) is 11.6 Å². The monoisotopic (exact) mass is 425 g/mol. The highest BCUT2D eigenvalue weighted by atomic mass is 35.5. The van der Waals surface area contributed by atoms with E-state index < -0.39 is 0 Å². The predicted octanol–water partition coefficient (Wildman–Crippen LogP) is 4.61. The van der Waals surface area contributed by atoms with Crippen molar-refractivity contribution < 1.29 is 4.52 Å². The summed E-state index contributed by atoms with van der Waals surface area (Å²) in [4.78, 5) is 8.31. The highest BCUT2D eigenvalue weighted by Crippen LogP contribution is 2.25. The van der Waals surface area contributed by atoms with Gasteiger partial charge in [0.05, 0.1) is 0 Å². The predicted molar refractivity (Wildman–Crippen MR) is 117 cm³/mol. The Hall–Kier alpha value is -3.26. The first-order valence-corrected chi connectivity index (χ1v) is 9.75.